The fraction of sp³-hybridized carbons (Fsp3) is 0.368. The Morgan fingerprint density at radius 3 is 2.00 bits per heavy atom. The average molecular weight is 265 g/mol. The minimum Gasteiger partial charge on any atom is -0.313 e. The lowest BCUT2D eigenvalue weighted by molar-refractivity contribution is 0.540. The van der Waals surface area contributed by atoms with Gasteiger partial charge in [0.2, 0.25) is 0 Å². The van der Waals surface area contributed by atoms with E-state index in [1.165, 1.54) is 35.1 Å². The first-order chi connectivity index (χ1) is 9.74. The largest absolute Gasteiger partial charge is 0.313 e. The van der Waals surface area contributed by atoms with E-state index < -0.39 is 0 Å². The molecule has 1 saturated heterocycles. The van der Waals surface area contributed by atoms with Crippen LogP contribution in [0.15, 0.2) is 48.5 Å². The summed E-state index contributed by atoms with van der Waals surface area (Å²) >= 11 is 0. The number of nitrogens with one attached hydrogen (secondary N) is 1. The lowest BCUT2D eigenvalue weighted by Crippen LogP contribution is -2.29. The smallest absolute Gasteiger partial charge is 0.0243 e. The minimum absolute atomic E-state index is 0.470. The van der Waals surface area contributed by atoms with Crippen molar-refractivity contribution in [2.75, 3.05) is 6.54 Å². The van der Waals surface area contributed by atoms with Gasteiger partial charge in [0.25, 0.3) is 0 Å². The molecule has 20 heavy (non-hydrogen) atoms. The SMILES string of the molecule is Cc1cccc(C(c2cccc(C)c2)C2CCCN2)c1. The fourth-order valence-corrected chi connectivity index (χ4v) is 3.38. The molecule has 0 spiro atoms. The van der Waals surface area contributed by atoms with Gasteiger partial charge >= 0.3 is 0 Å². The van der Waals surface area contributed by atoms with E-state index in [4.69, 9.17) is 0 Å². The van der Waals surface area contributed by atoms with Crippen LogP contribution in [-0.4, -0.2) is 12.6 Å². The molecular formula is C19H23N. The summed E-state index contributed by atoms with van der Waals surface area (Å²) in [5.41, 5.74) is 5.57. The van der Waals surface area contributed by atoms with Crippen molar-refractivity contribution in [2.24, 2.45) is 0 Å². The summed E-state index contributed by atoms with van der Waals surface area (Å²) in [5, 5.41) is 3.69. The van der Waals surface area contributed by atoms with E-state index in [1.54, 1.807) is 0 Å². The molecule has 0 radical (unpaired) electrons. The molecule has 0 bridgehead atoms. The van der Waals surface area contributed by atoms with E-state index >= 15 is 0 Å². The van der Waals surface area contributed by atoms with Gasteiger partial charge in [-0.15, -0.1) is 0 Å². The molecule has 104 valence electrons. The maximum absolute atomic E-state index is 3.69. The van der Waals surface area contributed by atoms with Crippen LogP contribution in [0.5, 0.6) is 0 Å². The summed E-state index contributed by atoms with van der Waals surface area (Å²) in [6.45, 7) is 5.51. The highest BCUT2D eigenvalue weighted by atomic mass is 14.9. The number of rotatable bonds is 3. The third kappa shape index (κ3) is 2.78. The monoisotopic (exact) mass is 265 g/mol. The number of hydrogen-bond donors (Lipinski definition) is 1. The first-order valence-corrected chi connectivity index (χ1v) is 7.60. The van der Waals surface area contributed by atoms with E-state index in [2.05, 4.69) is 67.7 Å². The standard InChI is InChI=1S/C19H23N/c1-14-6-3-8-16(12-14)19(18-10-5-11-20-18)17-9-4-7-15(2)13-17/h3-4,6-9,12-13,18-20H,5,10-11H2,1-2H3. The van der Waals surface area contributed by atoms with Crippen LogP contribution in [0.3, 0.4) is 0 Å². The number of hydrogen-bond acceptors (Lipinski definition) is 1. The second-order valence-corrected chi connectivity index (χ2v) is 6.01. The molecule has 1 fully saturated rings. The first kappa shape index (κ1) is 13.4. The Labute approximate surface area is 122 Å². The molecule has 1 N–H and O–H groups in total. The molecular weight excluding hydrogens is 242 g/mol. The van der Waals surface area contributed by atoms with Gasteiger partial charge in [0.05, 0.1) is 0 Å². The molecule has 1 unspecified atom stereocenters. The minimum atomic E-state index is 0.470. The summed E-state index contributed by atoms with van der Waals surface area (Å²) in [4.78, 5) is 0. The van der Waals surface area contributed by atoms with Crippen molar-refractivity contribution in [2.45, 2.75) is 38.6 Å². The maximum Gasteiger partial charge on any atom is 0.0243 e. The Hall–Kier alpha value is -1.60. The van der Waals surface area contributed by atoms with Gasteiger partial charge < -0.3 is 5.32 Å². The second-order valence-electron chi connectivity index (χ2n) is 6.01. The van der Waals surface area contributed by atoms with Crippen LogP contribution in [0.2, 0.25) is 0 Å². The predicted octanol–water partition coefficient (Wildman–Crippen LogP) is 4.19. The van der Waals surface area contributed by atoms with E-state index in [0.717, 1.165) is 6.54 Å². The summed E-state index contributed by atoms with van der Waals surface area (Å²) in [5.74, 6) is 0.470. The van der Waals surface area contributed by atoms with Gasteiger partial charge in [-0.2, -0.15) is 0 Å². The summed E-state index contributed by atoms with van der Waals surface area (Å²) in [6, 6.07) is 18.5. The summed E-state index contributed by atoms with van der Waals surface area (Å²) in [6.07, 6.45) is 2.56. The van der Waals surface area contributed by atoms with Gasteiger partial charge in [-0.25, -0.2) is 0 Å². The molecule has 0 amide bonds. The van der Waals surface area contributed by atoms with Crippen LogP contribution < -0.4 is 5.32 Å². The van der Waals surface area contributed by atoms with E-state index in [-0.39, 0.29) is 0 Å². The van der Waals surface area contributed by atoms with Crippen molar-refractivity contribution in [1.82, 2.24) is 5.32 Å². The van der Waals surface area contributed by atoms with Gasteiger partial charge in [-0.1, -0.05) is 59.7 Å². The molecule has 2 aromatic rings. The van der Waals surface area contributed by atoms with Crippen molar-refractivity contribution in [1.29, 1.82) is 0 Å². The fourth-order valence-electron chi connectivity index (χ4n) is 3.38. The van der Waals surface area contributed by atoms with E-state index in [9.17, 15) is 0 Å². The molecule has 1 aliphatic heterocycles. The lowest BCUT2D eigenvalue weighted by atomic mass is 9.83. The van der Waals surface area contributed by atoms with Crippen LogP contribution in [0, 0.1) is 13.8 Å². The van der Waals surface area contributed by atoms with Crippen molar-refractivity contribution < 1.29 is 0 Å². The topological polar surface area (TPSA) is 12.0 Å². The van der Waals surface area contributed by atoms with E-state index in [1.807, 2.05) is 0 Å². The zero-order chi connectivity index (χ0) is 13.9. The predicted molar refractivity (Wildman–Crippen MR) is 85.2 cm³/mol. The molecule has 0 aliphatic carbocycles. The Kier molecular flexibility index (Phi) is 3.88. The maximum atomic E-state index is 3.69. The van der Waals surface area contributed by atoms with Crippen LogP contribution in [0.1, 0.15) is 41.0 Å². The van der Waals surface area contributed by atoms with Crippen molar-refractivity contribution in [3.05, 3.63) is 70.8 Å². The zero-order valence-corrected chi connectivity index (χ0v) is 12.4. The molecule has 3 rings (SSSR count). The molecule has 2 aromatic carbocycles. The van der Waals surface area contributed by atoms with Crippen LogP contribution in [0.25, 0.3) is 0 Å². The molecule has 1 heteroatoms. The average Bonchev–Trinajstić information content (AvgIpc) is 2.93. The number of benzene rings is 2. The van der Waals surface area contributed by atoms with Crippen LogP contribution in [-0.2, 0) is 0 Å². The Balaban J connectivity index is 2.03. The normalized spacial score (nSPS) is 18.6. The third-order valence-electron chi connectivity index (χ3n) is 4.30. The highest BCUT2D eigenvalue weighted by Crippen LogP contribution is 2.32. The van der Waals surface area contributed by atoms with Crippen molar-refractivity contribution >= 4 is 0 Å². The molecule has 1 heterocycles. The van der Waals surface area contributed by atoms with Gasteiger partial charge in [0.1, 0.15) is 0 Å². The van der Waals surface area contributed by atoms with Gasteiger partial charge in [0.15, 0.2) is 0 Å². The molecule has 0 aromatic heterocycles. The Bertz CT molecular complexity index is 536. The highest BCUT2D eigenvalue weighted by molar-refractivity contribution is 5.38. The summed E-state index contributed by atoms with van der Waals surface area (Å²) < 4.78 is 0. The second kappa shape index (κ2) is 5.80. The quantitative estimate of drug-likeness (QED) is 0.877. The van der Waals surface area contributed by atoms with Crippen molar-refractivity contribution in [3.63, 3.8) is 0 Å². The van der Waals surface area contributed by atoms with Gasteiger partial charge in [-0.05, 0) is 44.4 Å². The number of aryl methyl sites for hydroxylation is 2. The molecule has 1 nitrogen and oxygen atoms in total. The van der Waals surface area contributed by atoms with Crippen LogP contribution in [0.4, 0.5) is 0 Å². The third-order valence-corrected chi connectivity index (χ3v) is 4.30. The molecule has 1 atom stereocenters. The Morgan fingerprint density at radius 1 is 0.950 bits per heavy atom. The van der Waals surface area contributed by atoms with Crippen LogP contribution >= 0.6 is 0 Å². The first-order valence-electron chi connectivity index (χ1n) is 7.60. The zero-order valence-electron chi connectivity index (χ0n) is 12.4. The summed E-state index contributed by atoms with van der Waals surface area (Å²) in [7, 11) is 0. The molecule has 0 saturated carbocycles. The Morgan fingerprint density at radius 2 is 1.55 bits per heavy atom. The van der Waals surface area contributed by atoms with Crippen molar-refractivity contribution in [3.8, 4) is 0 Å². The van der Waals surface area contributed by atoms with E-state index in [0.29, 0.717) is 12.0 Å². The van der Waals surface area contributed by atoms with Gasteiger partial charge in [-0.3, -0.25) is 0 Å². The lowest BCUT2D eigenvalue weighted by Gasteiger charge is -2.25. The molecule has 1 aliphatic rings. The van der Waals surface area contributed by atoms with Gasteiger partial charge in [0, 0.05) is 12.0 Å². The highest BCUT2D eigenvalue weighted by Gasteiger charge is 2.27.